The van der Waals surface area contributed by atoms with Gasteiger partial charge in [-0.05, 0) is 12.8 Å². The van der Waals surface area contributed by atoms with Gasteiger partial charge in [-0.2, -0.15) is 0 Å². The first kappa shape index (κ1) is 7.58. The van der Waals surface area contributed by atoms with Gasteiger partial charge in [0.05, 0.1) is 0 Å². The molecule has 4 nitrogen and oxygen atoms in total. The van der Waals surface area contributed by atoms with E-state index < -0.39 is 0 Å². The molecule has 0 unspecified atom stereocenters. The lowest BCUT2D eigenvalue weighted by atomic mass is 9.89. The molecule has 0 saturated heterocycles. The standard InChI is InChI=1S/C8H13N4/c9-12-6-10-11-8(12)7-4-2-1-3-5-7/h7H,1-5,9H2. The van der Waals surface area contributed by atoms with Crippen molar-refractivity contribution in [2.24, 2.45) is 0 Å². The summed E-state index contributed by atoms with van der Waals surface area (Å²) in [6, 6.07) is 0. The van der Waals surface area contributed by atoms with Crippen molar-refractivity contribution >= 4 is 0 Å². The maximum absolute atomic E-state index is 5.61. The highest BCUT2D eigenvalue weighted by Gasteiger charge is 2.19. The Balaban J connectivity index is 2.13. The number of aromatic nitrogens is 3. The van der Waals surface area contributed by atoms with Crippen molar-refractivity contribution in [1.29, 1.82) is 0 Å². The maximum atomic E-state index is 5.61. The zero-order chi connectivity index (χ0) is 8.39. The molecule has 2 rings (SSSR count). The lowest BCUT2D eigenvalue weighted by Crippen LogP contribution is -2.17. The van der Waals surface area contributed by atoms with Crippen LogP contribution in [0.3, 0.4) is 0 Å². The van der Waals surface area contributed by atoms with Gasteiger partial charge in [0.15, 0.2) is 5.82 Å². The first-order valence-electron chi connectivity index (χ1n) is 4.46. The Bertz CT molecular complexity index is 249. The average molecular weight is 165 g/mol. The third kappa shape index (κ3) is 1.29. The van der Waals surface area contributed by atoms with Crippen LogP contribution in [0.25, 0.3) is 0 Å². The van der Waals surface area contributed by atoms with Crippen molar-refractivity contribution in [2.45, 2.75) is 38.0 Å². The molecule has 1 aromatic rings. The van der Waals surface area contributed by atoms with Crippen LogP contribution in [0.2, 0.25) is 0 Å². The predicted molar refractivity (Wildman–Crippen MR) is 44.8 cm³/mol. The smallest absolute Gasteiger partial charge is 0.222 e. The van der Waals surface area contributed by atoms with Crippen molar-refractivity contribution < 1.29 is 0 Å². The van der Waals surface area contributed by atoms with Gasteiger partial charge in [0.25, 0.3) is 0 Å². The summed E-state index contributed by atoms with van der Waals surface area (Å²) in [5, 5.41) is 7.63. The Labute approximate surface area is 71.8 Å². The largest absolute Gasteiger partial charge is 0.336 e. The second-order valence-electron chi connectivity index (χ2n) is 3.36. The second kappa shape index (κ2) is 3.13. The molecule has 4 heteroatoms. The Morgan fingerprint density at radius 3 is 2.67 bits per heavy atom. The number of nitrogens with two attached hydrogens (primary N) is 1. The SMILES string of the molecule is Nn1[c]nnc1C1CCCCC1. The van der Waals surface area contributed by atoms with Crippen molar-refractivity contribution in [3.8, 4) is 0 Å². The molecular weight excluding hydrogens is 152 g/mol. The minimum Gasteiger partial charge on any atom is -0.336 e. The van der Waals surface area contributed by atoms with Crippen LogP contribution in [0.1, 0.15) is 43.8 Å². The van der Waals surface area contributed by atoms with Gasteiger partial charge in [-0.15, -0.1) is 10.2 Å². The summed E-state index contributed by atoms with van der Waals surface area (Å²) in [5.41, 5.74) is 0. The Morgan fingerprint density at radius 2 is 2.08 bits per heavy atom. The van der Waals surface area contributed by atoms with Gasteiger partial charge in [-0.25, -0.2) is 4.68 Å². The van der Waals surface area contributed by atoms with Crippen molar-refractivity contribution in [1.82, 2.24) is 14.9 Å². The third-order valence-corrected chi connectivity index (χ3v) is 2.52. The maximum Gasteiger partial charge on any atom is 0.222 e. The molecule has 0 aromatic carbocycles. The third-order valence-electron chi connectivity index (χ3n) is 2.52. The molecule has 1 aliphatic carbocycles. The van der Waals surface area contributed by atoms with Crippen molar-refractivity contribution in [2.75, 3.05) is 5.84 Å². The first-order chi connectivity index (χ1) is 5.88. The number of hydrogen-bond acceptors (Lipinski definition) is 3. The molecular formula is C8H13N4. The molecule has 1 saturated carbocycles. The van der Waals surface area contributed by atoms with Crippen LogP contribution in [0.15, 0.2) is 0 Å². The Hall–Kier alpha value is -1.06. The summed E-state index contributed by atoms with van der Waals surface area (Å²) in [5.74, 6) is 7.02. The molecule has 0 spiro atoms. The summed E-state index contributed by atoms with van der Waals surface area (Å²) in [6.45, 7) is 0. The first-order valence-corrected chi connectivity index (χ1v) is 4.46. The summed E-state index contributed by atoms with van der Waals surface area (Å²) in [7, 11) is 0. The van der Waals surface area contributed by atoms with E-state index in [4.69, 9.17) is 5.84 Å². The Kier molecular flexibility index (Phi) is 1.98. The van der Waals surface area contributed by atoms with Crippen molar-refractivity contribution in [3.63, 3.8) is 0 Å². The van der Waals surface area contributed by atoms with Gasteiger partial charge in [0, 0.05) is 5.92 Å². The molecule has 0 bridgehead atoms. The molecule has 65 valence electrons. The highest BCUT2D eigenvalue weighted by molar-refractivity contribution is 4.96. The molecule has 0 atom stereocenters. The fraction of sp³-hybridized carbons (Fsp3) is 0.750. The second-order valence-corrected chi connectivity index (χ2v) is 3.36. The lowest BCUT2D eigenvalue weighted by molar-refractivity contribution is 0.422. The summed E-state index contributed by atoms with van der Waals surface area (Å²) in [6.07, 6.45) is 8.92. The van der Waals surface area contributed by atoms with E-state index in [1.165, 1.54) is 36.8 Å². The monoisotopic (exact) mass is 165 g/mol. The van der Waals surface area contributed by atoms with Crippen LogP contribution in [0.5, 0.6) is 0 Å². The van der Waals surface area contributed by atoms with Gasteiger partial charge in [-0.1, -0.05) is 19.3 Å². The van der Waals surface area contributed by atoms with E-state index in [9.17, 15) is 0 Å². The lowest BCUT2D eigenvalue weighted by Gasteiger charge is -2.19. The number of rotatable bonds is 1. The topological polar surface area (TPSA) is 56.7 Å². The number of nitrogen functional groups attached to an aromatic ring is 1. The zero-order valence-electron chi connectivity index (χ0n) is 7.03. The number of nitrogens with zero attached hydrogens (tertiary/aromatic N) is 3. The molecule has 2 N–H and O–H groups in total. The highest BCUT2D eigenvalue weighted by Crippen LogP contribution is 2.30. The van der Waals surface area contributed by atoms with Gasteiger partial charge in [0.2, 0.25) is 6.33 Å². The zero-order valence-corrected chi connectivity index (χ0v) is 7.03. The average Bonchev–Trinajstić information content (AvgIpc) is 2.53. The van der Waals surface area contributed by atoms with Crippen LogP contribution in [0, 0.1) is 6.33 Å². The van der Waals surface area contributed by atoms with E-state index in [1.807, 2.05) is 0 Å². The normalized spacial score (nSPS) is 19.7. The van der Waals surface area contributed by atoms with Gasteiger partial charge in [0.1, 0.15) is 0 Å². The fourth-order valence-corrected chi connectivity index (χ4v) is 1.86. The minimum atomic E-state index is 0.516. The van der Waals surface area contributed by atoms with Crippen LogP contribution >= 0.6 is 0 Å². The molecule has 1 aliphatic rings. The van der Waals surface area contributed by atoms with E-state index in [0.717, 1.165) is 5.82 Å². The van der Waals surface area contributed by atoms with E-state index in [2.05, 4.69) is 16.5 Å². The van der Waals surface area contributed by atoms with E-state index >= 15 is 0 Å². The van der Waals surface area contributed by atoms with E-state index in [1.54, 1.807) is 0 Å². The Morgan fingerprint density at radius 1 is 1.33 bits per heavy atom. The predicted octanol–water partition coefficient (Wildman–Crippen LogP) is 0.840. The molecule has 0 aliphatic heterocycles. The molecule has 0 amide bonds. The van der Waals surface area contributed by atoms with Crippen molar-refractivity contribution in [3.05, 3.63) is 12.2 Å². The molecule has 1 aromatic heterocycles. The summed E-state index contributed by atoms with van der Waals surface area (Å²) < 4.78 is 1.43. The minimum absolute atomic E-state index is 0.516. The molecule has 1 radical (unpaired) electrons. The highest BCUT2D eigenvalue weighted by atomic mass is 15.4. The molecule has 1 heterocycles. The van der Waals surface area contributed by atoms with E-state index in [-0.39, 0.29) is 0 Å². The van der Waals surface area contributed by atoms with Gasteiger partial charge >= 0.3 is 0 Å². The number of hydrogen-bond donors (Lipinski definition) is 1. The van der Waals surface area contributed by atoms with Crippen LogP contribution in [-0.4, -0.2) is 14.9 Å². The molecule has 12 heavy (non-hydrogen) atoms. The van der Waals surface area contributed by atoms with E-state index in [0.29, 0.717) is 5.92 Å². The van der Waals surface area contributed by atoms with Gasteiger partial charge < -0.3 is 5.84 Å². The molecule has 1 fully saturated rings. The summed E-state index contributed by atoms with van der Waals surface area (Å²) in [4.78, 5) is 0. The fourth-order valence-electron chi connectivity index (χ4n) is 1.86. The van der Waals surface area contributed by atoms with Crippen LogP contribution in [0.4, 0.5) is 0 Å². The summed E-state index contributed by atoms with van der Waals surface area (Å²) >= 11 is 0. The van der Waals surface area contributed by atoms with Crippen LogP contribution in [-0.2, 0) is 0 Å². The quantitative estimate of drug-likeness (QED) is 0.627. The van der Waals surface area contributed by atoms with Gasteiger partial charge in [-0.3, -0.25) is 0 Å². The van der Waals surface area contributed by atoms with Crippen LogP contribution < -0.4 is 5.84 Å².